The highest BCUT2D eigenvalue weighted by Gasteiger charge is 2.10. The summed E-state index contributed by atoms with van der Waals surface area (Å²) in [5.74, 6) is 0.991. The molecule has 1 aromatic carbocycles. The Morgan fingerprint density at radius 3 is 2.50 bits per heavy atom. The smallest absolute Gasteiger partial charge is 0.122 e. The van der Waals surface area contributed by atoms with Gasteiger partial charge in [-0.05, 0) is 69.5 Å². The fourth-order valence-corrected chi connectivity index (χ4v) is 2.66. The number of likely N-dealkylation sites (tertiary alicyclic amines) is 1. The van der Waals surface area contributed by atoms with Crippen molar-refractivity contribution in [2.24, 2.45) is 0 Å². The highest BCUT2D eigenvalue weighted by Crippen LogP contribution is 2.23. The van der Waals surface area contributed by atoms with Gasteiger partial charge in [-0.2, -0.15) is 0 Å². The average Bonchev–Trinajstić information content (AvgIpc) is 2.92. The summed E-state index contributed by atoms with van der Waals surface area (Å²) in [5, 5.41) is 0. The molecule has 0 aromatic heterocycles. The maximum Gasteiger partial charge on any atom is 0.122 e. The van der Waals surface area contributed by atoms with E-state index in [1.165, 1.54) is 42.6 Å². The van der Waals surface area contributed by atoms with Gasteiger partial charge < -0.3 is 14.4 Å². The van der Waals surface area contributed by atoms with Crippen molar-refractivity contribution in [2.75, 3.05) is 39.5 Å². The van der Waals surface area contributed by atoms with Gasteiger partial charge in [0.25, 0.3) is 0 Å². The molecule has 0 spiro atoms. The lowest BCUT2D eigenvalue weighted by molar-refractivity contribution is 0.0844. The third kappa shape index (κ3) is 4.50. The zero-order chi connectivity index (χ0) is 14.4. The first-order valence-electron chi connectivity index (χ1n) is 7.67. The molecule has 1 aliphatic rings. The van der Waals surface area contributed by atoms with Gasteiger partial charge in [0.15, 0.2) is 0 Å². The summed E-state index contributed by atoms with van der Waals surface area (Å²) in [7, 11) is 0. The Balaban J connectivity index is 1.63. The van der Waals surface area contributed by atoms with Gasteiger partial charge in [0, 0.05) is 6.54 Å². The molecule has 0 atom stereocenters. The highest BCUT2D eigenvalue weighted by molar-refractivity contribution is 5.41. The van der Waals surface area contributed by atoms with Crippen molar-refractivity contribution in [1.29, 1.82) is 0 Å². The van der Waals surface area contributed by atoms with Crippen molar-refractivity contribution < 1.29 is 9.47 Å². The average molecular weight is 277 g/mol. The van der Waals surface area contributed by atoms with E-state index in [4.69, 9.17) is 9.47 Å². The van der Waals surface area contributed by atoms with Crippen LogP contribution in [-0.4, -0.2) is 44.4 Å². The van der Waals surface area contributed by atoms with Crippen LogP contribution >= 0.6 is 0 Å². The molecule has 0 radical (unpaired) electrons. The van der Waals surface area contributed by atoms with E-state index in [0.717, 1.165) is 18.9 Å². The van der Waals surface area contributed by atoms with Gasteiger partial charge in [-0.15, -0.1) is 0 Å². The summed E-state index contributed by atoms with van der Waals surface area (Å²) in [4.78, 5) is 2.47. The molecule has 0 N–H and O–H groups in total. The lowest BCUT2D eigenvalue weighted by Gasteiger charge is -2.15. The first-order chi connectivity index (χ1) is 9.66. The number of ether oxygens (including phenoxy) is 2. The van der Waals surface area contributed by atoms with Crippen LogP contribution in [0.1, 0.15) is 29.5 Å². The van der Waals surface area contributed by atoms with Crippen LogP contribution in [0.5, 0.6) is 5.75 Å². The first-order valence-corrected chi connectivity index (χ1v) is 7.67. The molecule has 1 aromatic rings. The minimum atomic E-state index is 0.629. The molecule has 3 nitrogen and oxygen atoms in total. The molecule has 1 aliphatic heterocycles. The summed E-state index contributed by atoms with van der Waals surface area (Å²) in [6.45, 7) is 12.0. The summed E-state index contributed by atoms with van der Waals surface area (Å²) in [6.07, 6.45) is 2.68. The Labute approximate surface area is 122 Å². The Kier molecular flexibility index (Phi) is 5.86. The zero-order valence-corrected chi connectivity index (χ0v) is 13.1. The van der Waals surface area contributed by atoms with Crippen molar-refractivity contribution in [2.45, 2.75) is 33.6 Å². The summed E-state index contributed by atoms with van der Waals surface area (Å²) < 4.78 is 11.5. The normalized spacial score (nSPS) is 15.8. The molecule has 0 unspecified atom stereocenters. The Bertz CT molecular complexity index is 425. The number of hydrogen-bond donors (Lipinski definition) is 0. The van der Waals surface area contributed by atoms with Gasteiger partial charge in [0.1, 0.15) is 12.4 Å². The SMILES string of the molecule is Cc1cc(C)c(C)c(OCCOCCN2CCCC2)c1. The summed E-state index contributed by atoms with van der Waals surface area (Å²) >= 11 is 0. The fraction of sp³-hybridized carbons (Fsp3) is 0.647. The molecular weight excluding hydrogens is 250 g/mol. The van der Waals surface area contributed by atoms with Crippen LogP contribution < -0.4 is 4.74 Å². The van der Waals surface area contributed by atoms with E-state index in [9.17, 15) is 0 Å². The maximum absolute atomic E-state index is 5.83. The third-order valence-electron chi connectivity index (χ3n) is 4.00. The zero-order valence-electron chi connectivity index (χ0n) is 13.1. The first kappa shape index (κ1) is 15.3. The van der Waals surface area contributed by atoms with Gasteiger partial charge in [-0.1, -0.05) is 6.07 Å². The molecule has 1 fully saturated rings. The van der Waals surface area contributed by atoms with Gasteiger partial charge in [-0.25, -0.2) is 0 Å². The van der Waals surface area contributed by atoms with Crippen molar-refractivity contribution in [3.63, 3.8) is 0 Å². The Morgan fingerprint density at radius 2 is 1.75 bits per heavy atom. The quantitative estimate of drug-likeness (QED) is 0.715. The molecule has 3 heteroatoms. The predicted octanol–water partition coefficient (Wildman–Crippen LogP) is 3.10. The Hall–Kier alpha value is -1.06. The molecular formula is C17H27NO2. The fourth-order valence-electron chi connectivity index (χ4n) is 2.66. The molecule has 1 saturated heterocycles. The molecule has 1 heterocycles. The van der Waals surface area contributed by atoms with Crippen molar-refractivity contribution in [3.8, 4) is 5.75 Å². The van der Waals surface area contributed by atoms with E-state index >= 15 is 0 Å². The van der Waals surface area contributed by atoms with Crippen LogP contribution in [0.25, 0.3) is 0 Å². The van der Waals surface area contributed by atoms with Crippen LogP contribution in [0.3, 0.4) is 0 Å². The van der Waals surface area contributed by atoms with Crippen LogP contribution in [0.4, 0.5) is 0 Å². The van der Waals surface area contributed by atoms with Crippen LogP contribution in [0, 0.1) is 20.8 Å². The van der Waals surface area contributed by atoms with Gasteiger partial charge in [-0.3, -0.25) is 0 Å². The number of nitrogens with zero attached hydrogens (tertiary/aromatic N) is 1. The van der Waals surface area contributed by atoms with Crippen molar-refractivity contribution in [3.05, 3.63) is 28.8 Å². The van der Waals surface area contributed by atoms with Crippen LogP contribution in [0.2, 0.25) is 0 Å². The number of hydrogen-bond acceptors (Lipinski definition) is 3. The lowest BCUT2D eigenvalue weighted by Crippen LogP contribution is -2.24. The number of benzene rings is 1. The molecule has 2 rings (SSSR count). The van der Waals surface area contributed by atoms with Crippen molar-refractivity contribution in [1.82, 2.24) is 4.90 Å². The lowest BCUT2D eigenvalue weighted by atomic mass is 10.1. The molecule has 20 heavy (non-hydrogen) atoms. The number of rotatable bonds is 7. The van der Waals surface area contributed by atoms with Gasteiger partial charge >= 0.3 is 0 Å². The summed E-state index contributed by atoms with van der Waals surface area (Å²) in [5.41, 5.74) is 3.76. The van der Waals surface area contributed by atoms with Crippen LogP contribution in [-0.2, 0) is 4.74 Å². The second-order valence-electron chi connectivity index (χ2n) is 5.71. The molecule has 112 valence electrons. The van der Waals surface area contributed by atoms with E-state index in [1.54, 1.807) is 0 Å². The van der Waals surface area contributed by atoms with E-state index in [2.05, 4.69) is 37.8 Å². The minimum absolute atomic E-state index is 0.629. The standard InChI is InChI=1S/C17H27NO2/c1-14-12-15(2)16(3)17(13-14)20-11-10-19-9-8-18-6-4-5-7-18/h12-13H,4-11H2,1-3H3. The van der Waals surface area contributed by atoms with E-state index in [0.29, 0.717) is 13.2 Å². The molecule has 0 saturated carbocycles. The topological polar surface area (TPSA) is 21.7 Å². The maximum atomic E-state index is 5.83. The van der Waals surface area contributed by atoms with Crippen LogP contribution in [0.15, 0.2) is 12.1 Å². The highest BCUT2D eigenvalue weighted by atomic mass is 16.5. The van der Waals surface area contributed by atoms with Crippen molar-refractivity contribution >= 4 is 0 Å². The monoisotopic (exact) mass is 277 g/mol. The van der Waals surface area contributed by atoms with E-state index < -0.39 is 0 Å². The molecule has 0 amide bonds. The largest absolute Gasteiger partial charge is 0.491 e. The number of aryl methyl sites for hydroxylation is 2. The van der Waals surface area contributed by atoms with E-state index in [-0.39, 0.29) is 0 Å². The minimum Gasteiger partial charge on any atom is -0.491 e. The molecule has 0 aliphatic carbocycles. The third-order valence-corrected chi connectivity index (χ3v) is 4.00. The van der Waals surface area contributed by atoms with E-state index in [1.807, 2.05) is 0 Å². The second kappa shape index (κ2) is 7.65. The Morgan fingerprint density at radius 1 is 1.00 bits per heavy atom. The predicted molar refractivity (Wildman–Crippen MR) is 82.6 cm³/mol. The second-order valence-corrected chi connectivity index (χ2v) is 5.71. The molecule has 0 bridgehead atoms. The summed E-state index contributed by atoms with van der Waals surface area (Å²) in [6, 6.07) is 4.29. The van der Waals surface area contributed by atoms with Gasteiger partial charge in [0.2, 0.25) is 0 Å². The van der Waals surface area contributed by atoms with Gasteiger partial charge in [0.05, 0.1) is 13.2 Å².